The largest absolute Gasteiger partial charge is 0.504 e. The lowest BCUT2D eigenvalue weighted by Crippen LogP contribution is -2.15. The van der Waals surface area contributed by atoms with Gasteiger partial charge < -0.3 is 34.4 Å². The molecule has 0 bridgehead atoms. The molecule has 0 amide bonds. The Labute approximate surface area is 168 Å². The number of nitrogens with zero attached hydrogens (tertiary/aromatic N) is 1. The molecule has 1 aliphatic carbocycles. The van der Waals surface area contributed by atoms with Crippen molar-refractivity contribution in [2.75, 3.05) is 28.4 Å². The first-order chi connectivity index (χ1) is 14.0. The number of hydrogen-bond donors (Lipinski definition) is 3. The molecular weight excluding hydrogens is 378 g/mol. The van der Waals surface area contributed by atoms with E-state index in [-0.39, 0.29) is 17.9 Å². The molecule has 1 aliphatic rings. The van der Waals surface area contributed by atoms with Gasteiger partial charge >= 0.3 is 0 Å². The molecule has 2 aromatic rings. The number of aliphatic hydroxyl groups is 1. The maximum atomic E-state index is 10.5. The summed E-state index contributed by atoms with van der Waals surface area (Å²) in [5.74, 6) is 1.56. The van der Waals surface area contributed by atoms with Crippen LogP contribution in [0.3, 0.4) is 0 Å². The van der Waals surface area contributed by atoms with E-state index in [1.54, 1.807) is 30.3 Å². The first-order valence-corrected chi connectivity index (χ1v) is 8.80. The first-order valence-electron chi connectivity index (χ1n) is 8.80. The highest BCUT2D eigenvalue weighted by Crippen LogP contribution is 2.45. The second kappa shape index (κ2) is 8.32. The van der Waals surface area contributed by atoms with E-state index in [0.717, 1.165) is 0 Å². The van der Waals surface area contributed by atoms with Crippen LogP contribution in [0.25, 0.3) is 11.1 Å². The average molecular weight is 401 g/mol. The number of phenolic OH excluding ortho intramolecular Hbond substituents is 1. The van der Waals surface area contributed by atoms with Crippen molar-refractivity contribution >= 4 is 16.9 Å². The van der Waals surface area contributed by atoms with Crippen molar-refractivity contribution in [1.82, 2.24) is 0 Å². The van der Waals surface area contributed by atoms with Crippen molar-refractivity contribution in [3.8, 4) is 28.7 Å². The van der Waals surface area contributed by atoms with E-state index in [2.05, 4.69) is 5.16 Å². The number of phenols is 1. The summed E-state index contributed by atoms with van der Waals surface area (Å²) in [7, 11) is 5.97. The summed E-state index contributed by atoms with van der Waals surface area (Å²) in [4.78, 5) is 0. The summed E-state index contributed by atoms with van der Waals surface area (Å²) in [6, 6.07) is 8.36. The molecule has 0 fully saturated rings. The van der Waals surface area contributed by atoms with E-state index < -0.39 is 6.10 Å². The number of ether oxygens (including phenoxy) is 4. The van der Waals surface area contributed by atoms with Crippen molar-refractivity contribution < 1.29 is 34.4 Å². The molecule has 0 saturated carbocycles. The van der Waals surface area contributed by atoms with E-state index in [1.807, 2.05) is 0 Å². The number of rotatable bonds is 6. The summed E-state index contributed by atoms with van der Waals surface area (Å²) >= 11 is 0. The predicted molar refractivity (Wildman–Crippen MR) is 107 cm³/mol. The molecule has 2 aromatic carbocycles. The molecule has 1 unspecified atom stereocenters. The van der Waals surface area contributed by atoms with E-state index in [0.29, 0.717) is 45.3 Å². The molecule has 29 heavy (non-hydrogen) atoms. The minimum Gasteiger partial charge on any atom is -0.504 e. The summed E-state index contributed by atoms with van der Waals surface area (Å²) in [6.45, 7) is 0. The quantitative estimate of drug-likeness (QED) is 0.504. The zero-order valence-corrected chi connectivity index (χ0v) is 16.6. The molecule has 3 N–H and O–H groups in total. The number of hydrogen-bond acceptors (Lipinski definition) is 8. The fourth-order valence-electron chi connectivity index (χ4n) is 3.52. The predicted octanol–water partition coefficient (Wildman–Crippen LogP) is 2.93. The highest BCUT2D eigenvalue weighted by Gasteiger charge is 2.33. The molecule has 0 saturated heterocycles. The lowest BCUT2D eigenvalue weighted by molar-refractivity contribution is 0.240. The van der Waals surface area contributed by atoms with Crippen LogP contribution in [-0.4, -0.2) is 55.7 Å². The van der Waals surface area contributed by atoms with Gasteiger partial charge in [0.25, 0.3) is 0 Å². The molecule has 0 aromatic heterocycles. The highest BCUT2D eigenvalue weighted by atomic mass is 16.5. The minimum absolute atomic E-state index is 0.0365. The molecule has 8 heteroatoms. The van der Waals surface area contributed by atoms with E-state index in [9.17, 15) is 15.4 Å². The molecule has 0 radical (unpaired) electrons. The highest BCUT2D eigenvalue weighted by molar-refractivity contribution is 6.35. The monoisotopic (exact) mass is 401 g/mol. The van der Waals surface area contributed by atoms with E-state index in [1.165, 1.54) is 28.4 Å². The number of oxime groups is 1. The molecule has 0 aliphatic heterocycles. The van der Waals surface area contributed by atoms with Crippen LogP contribution in [0.5, 0.6) is 28.7 Å². The lowest BCUT2D eigenvalue weighted by atomic mass is 9.95. The average Bonchev–Trinajstić information content (AvgIpc) is 3.08. The first kappa shape index (κ1) is 20.3. The number of methoxy groups -OCH3 is 4. The fraction of sp³-hybridized carbons (Fsp3) is 0.286. The van der Waals surface area contributed by atoms with Gasteiger partial charge in [-0.05, 0) is 41.0 Å². The maximum absolute atomic E-state index is 10.5. The summed E-state index contributed by atoms with van der Waals surface area (Å²) in [5.41, 5.74) is 2.59. The Hall–Kier alpha value is -3.39. The Bertz CT molecular complexity index is 956. The van der Waals surface area contributed by atoms with Crippen LogP contribution >= 0.6 is 0 Å². The van der Waals surface area contributed by atoms with Gasteiger partial charge in [-0.3, -0.25) is 0 Å². The Morgan fingerprint density at radius 2 is 1.48 bits per heavy atom. The molecular formula is C21H23NO7. The normalized spacial score (nSPS) is 17.6. The van der Waals surface area contributed by atoms with Gasteiger partial charge in [-0.15, -0.1) is 0 Å². The van der Waals surface area contributed by atoms with Gasteiger partial charge in [0.15, 0.2) is 23.0 Å². The molecule has 1 atom stereocenters. The summed E-state index contributed by atoms with van der Waals surface area (Å²) < 4.78 is 21.3. The van der Waals surface area contributed by atoms with E-state index >= 15 is 0 Å². The standard InChI is InChI=1S/C21H23NO7/c1-26-16-6-5-11(7-14(16)23)13-10-15(24)20(22-25)19(13)12-8-17(27-2)21(29-4)18(9-12)28-3/h5-9,15,23-25H,10H2,1-4H3/b22-20+. The van der Waals surface area contributed by atoms with Crippen molar-refractivity contribution in [3.05, 3.63) is 41.5 Å². The van der Waals surface area contributed by atoms with Crippen LogP contribution in [0.15, 0.2) is 35.5 Å². The summed E-state index contributed by atoms with van der Waals surface area (Å²) in [6.07, 6.45) is -0.801. The van der Waals surface area contributed by atoms with Crippen LogP contribution in [0.2, 0.25) is 0 Å². The van der Waals surface area contributed by atoms with Gasteiger partial charge in [0.1, 0.15) is 11.8 Å². The Balaban J connectivity index is 2.27. The van der Waals surface area contributed by atoms with Gasteiger partial charge in [-0.1, -0.05) is 11.2 Å². The van der Waals surface area contributed by atoms with Gasteiger partial charge in [0.05, 0.1) is 28.4 Å². The van der Waals surface area contributed by atoms with Crippen LogP contribution < -0.4 is 18.9 Å². The second-order valence-corrected chi connectivity index (χ2v) is 6.36. The fourth-order valence-corrected chi connectivity index (χ4v) is 3.52. The lowest BCUT2D eigenvalue weighted by Gasteiger charge is -2.16. The third kappa shape index (κ3) is 3.54. The number of benzene rings is 2. The third-order valence-corrected chi connectivity index (χ3v) is 4.86. The second-order valence-electron chi connectivity index (χ2n) is 6.36. The van der Waals surface area contributed by atoms with Crippen molar-refractivity contribution in [2.45, 2.75) is 12.5 Å². The van der Waals surface area contributed by atoms with Crippen molar-refractivity contribution in [2.24, 2.45) is 5.16 Å². The van der Waals surface area contributed by atoms with Gasteiger partial charge in [0, 0.05) is 12.0 Å². The van der Waals surface area contributed by atoms with Crippen LogP contribution in [0.4, 0.5) is 0 Å². The topological polar surface area (TPSA) is 110 Å². The number of aromatic hydroxyl groups is 1. The minimum atomic E-state index is -1.01. The molecule has 154 valence electrons. The zero-order valence-electron chi connectivity index (χ0n) is 16.6. The van der Waals surface area contributed by atoms with Crippen LogP contribution in [-0.2, 0) is 0 Å². The third-order valence-electron chi connectivity index (χ3n) is 4.86. The van der Waals surface area contributed by atoms with E-state index in [4.69, 9.17) is 18.9 Å². The molecule has 0 spiro atoms. The van der Waals surface area contributed by atoms with Gasteiger partial charge in [-0.25, -0.2) is 0 Å². The zero-order chi connectivity index (χ0) is 21.1. The molecule has 0 heterocycles. The van der Waals surface area contributed by atoms with Crippen LogP contribution in [0.1, 0.15) is 17.5 Å². The number of aliphatic hydroxyl groups excluding tert-OH is 1. The summed E-state index contributed by atoms with van der Waals surface area (Å²) in [5, 5.41) is 33.5. The van der Waals surface area contributed by atoms with Gasteiger partial charge in [0.2, 0.25) is 5.75 Å². The molecule has 8 nitrogen and oxygen atoms in total. The SMILES string of the molecule is COc1ccc(C2=C(c3cc(OC)c(OC)c(OC)c3)/C(=N/O)C(O)C2)cc1O. The molecule has 3 rings (SSSR count). The smallest absolute Gasteiger partial charge is 0.203 e. The van der Waals surface area contributed by atoms with Crippen molar-refractivity contribution in [3.63, 3.8) is 0 Å². The van der Waals surface area contributed by atoms with Gasteiger partial charge in [-0.2, -0.15) is 0 Å². The van der Waals surface area contributed by atoms with Crippen molar-refractivity contribution in [1.29, 1.82) is 0 Å². The Kier molecular flexibility index (Phi) is 5.84. The van der Waals surface area contributed by atoms with Crippen LogP contribution in [0, 0.1) is 0 Å². The Morgan fingerprint density at radius 3 is 1.97 bits per heavy atom. The Morgan fingerprint density at radius 1 is 0.862 bits per heavy atom. The maximum Gasteiger partial charge on any atom is 0.203 e.